The van der Waals surface area contributed by atoms with Crippen LogP contribution >= 0.6 is 23.4 Å². The van der Waals surface area contributed by atoms with Gasteiger partial charge in [-0.05, 0) is 37.6 Å². The van der Waals surface area contributed by atoms with Gasteiger partial charge in [0.1, 0.15) is 5.65 Å². The third-order valence-corrected chi connectivity index (χ3v) is 5.56. The zero-order valence-corrected chi connectivity index (χ0v) is 17.0. The Morgan fingerprint density at radius 1 is 1.14 bits per heavy atom. The lowest BCUT2D eigenvalue weighted by atomic mass is 10.2. The van der Waals surface area contributed by atoms with Crippen molar-refractivity contribution in [2.45, 2.75) is 31.3 Å². The molecule has 142 valence electrons. The second-order valence-corrected chi connectivity index (χ2v) is 7.75. The van der Waals surface area contributed by atoms with E-state index in [9.17, 15) is 4.79 Å². The molecule has 0 radical (unpaired) electrons. The first-order chi connectivity index (χ1) is 13.5. The minimum Gasteiger partial charge on any atom is -0.302 e. The first kappa shape index (κ1) is 18.7. The van der Waals surface area contributed by atoms with Gasteiger partial charge in [-0.3, -0.25) is 9.20 Å². The average Bonchev–Trinajstić information content (AvgIpc) is 3.10. The van der Waals surface area contributed by atoms with E-state index in [1.807, 2.05) is 54.8 Å². The Morgan fingerprint density at radius 3 is 2.79 bits per heavy atom. The minimum absolute atomic E-state index is 0.0825. The Bertz CT molecular complexity index is 1220. The van der Waals surface area contributed by atoms with Crippen molar-refractivity contribution in [3.8, 4) is 11.4 Å². The van der Waals surface area contributed by atoms with E-state index in [1.165, 1.54) is 11.8 Å². The SMILES string of the molecule is CCn1c(SCc2cc(=O)n3cc(C)ccc3n2)nnc1-c1cccc(Cl)c1. The second-order valence-electron chi connectivity index (χ2n) is 6.37. The smallest absolute Gasteiger partial charge is 0.258 e. The van der Waals surface area contributed by atoms with E-state index in [4.69, 9.17) is 11.6 Å². The Morgan fingerprint density at radius 2 is 2.00 bits per heavy atom. The van der Waals surface area contributed by atoms with Crippen LogP contribution in [0.1, 0.15) is 18.2 Å². The lowest BCUT2D eigenvalue weighted by Crippen LogP contribution is -2.15. The van der Waals surface area contributed by atoms with Gasteiger partial charge in [0.25, 0.3) is 5.56 Å². The van der Waals surface area contributed by atoms with Crippen molar-refractivity contribution in [1.82, 2.24) is 24.1 Å². The normalized spacial score (nSPS) is 11.2. The number of aryl methyl sites for hydroxylation is 1. The number of nitrogens with zero attached hydrogens (tertiary/aromatic N) is 5. The first-order valence-electron chi connectivity index (χ1n) is 8.86. The molecule has 3 heterocycles. The summed E-state index contributed by atoms with van der Waals surface area (Å²) in [6.45, 7) is 4.72. The Kier molecular flexibility index (Phi) is 5.19. The van der Waals surface area contributed by atoms with Crippen LogP contribution in [-0.2, 0) is 12.3 Å². The number of aromatic nitrogens is 5. The van der Waals surface area contributed by atoms with Gasteiger partial charge in [0.15, 0.2) is 11.0 Å². The van der Waals surface area contributed by atoms with Gasteiger partial charge in [0.2, 0.25) is 0 Å². The lowest BCUT2D eigenvalue weighted by Gasteiger charge is -2.08. The van der Waals surface area contributed by atoms with Gasteiger partial charge in [0, 0.05) is 35.1 Å². The summed E-state index contributed by atoms with van der Waals surface area (Å²) in [7, 11) is 0. The summed E-state index contributed by atoms with van der Waals surface area (Å²) in [6, 6.07) is 12.9. The molecule has 0 aliphatic carbocycles. The minimum atomic E-state index is -0.0825. The molecular formula is C20H18ClN5OS. The highest BCUT2D eigenvalue weighted by atomic mass is 35.5. The van der Waals surface area contributed by atoms with Crippen molar-refractivity contribution >= 4 is 29.0 Å². The lowest BCUT2D eigenvalue weighted by molar-refractivity contribution is 0.687. The van der Waals surface area contributed by atoms with E-state index in [0.717, 1.165) is 28.7 Å². The van der Waals surface area contributed by atoms with E-state index in [-0.39, 0.29) is 5.56 Å². The van der Waals surface area contributed by atoms with Crippen molar-refractivity contribution in [3.05, 3.63) is 75.3 Å². The number of hydrogen-bond acceptors (Lipinski definition) is 5. The summed E-state index contributed by atoms with van der Waals surface area (Å²) >= 11 is 7.62. The van der Waals surface area contributed by atoms with E-state index in [1.54, 1.807) is 16.7 Å². The maximum atomic E-state index is 12.4. The van der Waals surface area contributed by atoms with E-state index >= 15 is 0 Å². The molecule has 8 heteroatoms. The molecule has 0 saturated heterocycles. The van der Waals surface area contributed by atoms with Gasteiger partial charge in [0.05, 0.1) is 5.69 Å². The van der Waals surface area contributed by atoms with Crippen molar-refractivity contribution in [3.63, 3.8) is 0 Å². The molecule has 0 N–H and O–H groups in total. The fourth-order valence-corrected chi connectivity index (χ4v) is 4.08. The number of benzene rings is 1. The predicted octanol–water partition coefficient (Wildman–Crippen LogP) is 4.23. The number of hydrogen-bond donors (Lipinski definition) is 0. The summed E-state index contributed by atoms with van der Waals surface area (Å²) in [4.78, 5) is 17.0. The zero-order chi connectivity index (χ0) is 19.7. The third kappa shape index (κ3) is 3.68. The van der Waals surface area contributed by atoms with Crippen molar-refractivity contribution in [1.29, 1.82) is 0 Å². The molecule has 0 aliphatic heterocycles. The zero-order valence-electron chi connectivity index (χ0n) is 15.5. The van der Waals surface area contributed by atoms with Gasteiger partial charge < -0.3 is 4.57 Å². The number of halogens is 1. The summed E-state index contributed by atoms with van der Waals surface area (Å²) < 4.78 is 3.60. The molecular weight excluding hydrogens is 394 g/mol. The van der Waals surface area contributed by atoms with Gasteiger partial charge >= 0.3 is 0 Å². The molecule has 0 aliphatic rings. The molecule has 28 heavy (non-hydrogen) atoms. The number of pyridine rings is 1. The largest absolute Gasteiger partial charge is 0.302 e. The predicted molar refractivity (Wildman–Crippen MR) is 112 cm³/mol. The Balaban J connectivity index is 1.61. The number of rotatable bonds is 5. The molecule has 0 amide bonds. The topological polar surface area (TPSA) is 65.1 Å². The highest BCUT2D eigenvalue weighted by Gasteiger charge is 2.14. The molecule has 6 nitrogen and oxygen atoms in total. The maximum absolute atomic E-state index is 12.4. The van der Waals surface area contributed by atoms with Crippen LogP contribution in [0.5, 0.6) is 0 Å². The summed E-state index contributed by atoms with van der Waals surface area (Å²) in [5.74, 6) is 1.31. The Hall–Kier alpha value is -2.64. The van der Waals surface area contributed by atoms with Gasteiger partial charge in [-0.2, -0.15) is 0 Å². The van der Waals surface area contributed by atoms with Crippen LogP contribution in [0.4, 0.5) is 0 Å². The molecule has 4 aromatic rings. The van der Waals surface area contributed by atoms with E-state index in [0.29, 0.717) is 22.1 Å². The summed E-state index contributed by atoms with van der Waals surface area (Å²) in [5.41, 5.74) is 3.22. The maximum Gasteiger partial charge on any atom is 0.258 e. The molecule has 0 bridgehead atoms. The highest BCUT2D eigenvalue weighted by Crippen LogP contribution is 2.27. The van der Waals surface area contributed by atoms with Crippen LogP contribution < -0.4 is 5.56 Å². The van der Waals surface area contributed by atoms with E-state index in [2.05, 4.69) is 15.2 Å². The summed E-state index contributed by atoms with van der Waals surface area (Å²) in [5, 5.41) is 10.1. The van der Waals surface area contributed by atoms with E-state index < -0.39 is 0 Å². The third-order valence-electron chi connectivity index (χ3n) is 4.33. The van der Waals surface area contributed by atoms with Gasteiger partial charge in [-0.15, -0.1) is 10.2 Å². The van der Waals surface area contributed by atoms with Gasteiger partial charge in [-0.1, -0.05) is 41.6 Å². The van der Waals surface area contributed by atoms with Crippen LogP contribution in [0, 0.1) is 6.92 Å². The molecule has 0 atom stereocenters. The molecule has 3 aromatic heterocycles. The fourth-order valence-electron chi connectivity index (χ4n) is 2.99. The highest BCUT2D eigenvalue weighted by molar-refractivity contribution is 7.98. The molecule has 0 unspecified atom stereocenters. The van der Waals surface area contributed by atoms with Crippen molar-refractivity contribution < 1.29 is 0 Å². The number of fused-ring (bicyclic) bond motifs is 1. The molecule has 0 fully saturated rings. The van der Waals surface area contributed by atoms with Crippen LogP contribution in [0.15, 0.2) is 58.6 Å². The average molecular weight is 412 g/mol. The quantitative estimate of drug-likeness (QED) is 0.460. The van der Waals surface area contributed by atoms with Crippen molar-refractivity contribution in [2.24, 2.45) is 0 Å². The van der Waals surface area contributed by atoms with Crippen LogP contribution in [0.2, 0.25) is 5.02 Å². The first-order valence-corrected chi connectivity index (χ1v) is 10.2. The van der Waals surface area contributed by atoms with Crippen molar-refractivity contribution in [2.75, 3.05) is 0 Å². The standard InChI is InChI=1S/C20H18ClN5OS/c1-3-25-19(14-5-4-6-15(21)9-14)23-24-20(25)28-12-16-10-18(27)26-11-13(2)7-8-17(26)22-16/h4-11H,3,12H2,1-2H3. The molecule has 4 rings (SSSR count). The van der Waals surface area contributed by atoms with Gasteiger partial charge in [-0.25, -0.2) is 4.98 Å². The molecule has 0 saturated carbocycles. The number of thioether (sulfide) groups is 1. The second kappa shape index (κ2) is 7.77. The van der Waals surface area contributed by atoms with Crippen LogP contribution in [0.3, 0.4) is 0 Å². The Labute approximate surface area is 171 Å². The van der Waals surface area contributed by atoms with Crippen LogP contribution in [-0.4, -0.2) is 24.1 Å². The monoisotopic (exact) mass is 411 g/mol. The molecule has 1 aromatic carbocycles. The molecule has 0 spiro atoms. The van der Waals surface area contributed by atoms with Crippen LogP contribution in [0.25, 0.3) is 17.0 Å². The summed E-state index contributed by atoms with van der Waals surface area (Å²) in [6.07, 6.45) is 1.80. The fraction of sp³-hybridized carbons (Fsp3) is 0.200.